The van der Waals surface area contributed by atoms with Gasteiger partial charge in [0.05, 0.1) is 19.8 Å². The molecular weight excluding hydrogens is 324 g/mol. The average molecular weight is 342 g/mol. The molecule has 1 aliphatic rings. The molecule has 1 aliphatic heterocycles. The summed E-state index contributed by atoms with van der Waals surface area (Å²) in [5.74, 6) is 1.26. The van der Waals surface area contributed by atoms with Crippen molar-refractivity contribution >= 4 is 17.6 Å². The summed E-state index contributed by atoms with van der Waals surface area (Å²) >= 11 is 0. The summed E-state index contributed by atoms with van der Waals surface area (Å²) < 4.78 is 21.5. The van der Waals surface area contributed by atoms with Crippen LogP contribution in [0.4, 0.5) is 0 Å². The van der Waals surface area contributed by atoms with Crippen LogP contribution in [-0.2, 0) is 4.79 Å². The van der Waals surface area contributed by atoms with Crippen molar-refractivity contribution in [2.45, 2.75) is 0 Å². The molecule has 130 valence electrons. The van der Waals surface area contributed by atoms with Gasteiger partial charge >= 0.3 is 5.97 Å². The third-order valence-corrected chi connectivity index (χ3v) is 3.82. The van der Waals surface area contributed by atoms with Crippen molar-refractivity contribution < 1.29 is 28.8 Å². The Morgan fingerprint density at radius 1 is 1.04 bits per heavy atom. The van der Waals surface area contributed by atoms with E-state index in [1.54, 1.807) is 49.6 Å². The zero-order valence-corrected chi connectivity index (χ0v) is 13.9. The maximum absolute atomic E-state index is 11.8. The Balaban J connectivity index is 2.04. The minimum Gasteiger partial charge on any atom is -0.497 e. The lowest BCUT2D eigenvalue weighted by Crippen LogP contribution is -2.15. The fourth-order valence-electron chi connectivity index (χ4n) is 2.57. The highest BCUT2D eigenvalue weighted by Gasteiger charge is 2.17. The Morgan fingerprint density at radius 3 is 2.48 bits per heavy atom. The molecule has 0 spiro atoms. The fourth-order valence-corrected chi connectivity index (χ4v) is 2.57. The van der Waals surface area contributed by atoms with Gasteiger partial charge in [-0.05, 0) is 35.9 Å². The minimum absolute atomic E-state index is 0.125. The molecule has 0 radical (unpaired) electrons. The molecule has 3 rings (SSSR count). The second-order valence-electron chi connectivity index (χ2n) is 5.33. The first-order valence-corrected chi connectivity index (χ1v) is 7.69. The zero-order chi connectivity index (χ0) is 17.8. The molecule has 2 aromatic carbocycles. The minimum atomic E-state index is -1.05. The lowest BCUT2D eigenvalue weighted by Gasteiger charge is -2.19. The van der Waals surface area contributed by atoms with Crippen LogP contribution in [0.2, 0.25) is 0 Å². The van der Waals surface area contributed by atoms with Crippen molar-refractivity contribution in [1.82, 2.24) is 0 Å². The van der Waals surface area contributed by atoms with Gasteiger partial charge in [-0.2, -0.15) is 0 Å². The summed E-state index contributed by atoms with van der Waals surface area (Å²) in [4.78, 5) is 11.8. The number of ether oxygens (including phenoxy) is 4. The first-order valence-electron chi connectivity index (χ1n) is 7.69. The summed E-state index contributed by atoms with van der Waals surface area (Å²) in [7, 11) is 3.08. The Morgan fingerprint density at radius 2 is 1.80 bits per heavy atom. The summed E-state index contributed by atoms with van der Waals surface area (Å²) in [5.41, 5.74) is 1.28. The van der Waals surface area contributed by atoms with Gasteiger partial charge in [-0.3, -0.25) is 0 Å². The third-order valence-electron chi connectivity index (χ3n) is 3.82. The monoisotopic (exact) mass is 342 g/mol. The van der Waals surface area contributed by atoms with Crippen molar-refractivity contribution in [2.24, 2.45) is 0 Å². The van der Waals surface area contributed by atoms with Crippen LogP contribution >= 0.6 is 0 Å². The van der Waals surface area contributed by atoms with Gasteiger partial charge in [0.2, 0.25) is 0 Å². The summed E-state index contributed by atoms with van der Waals surface area (Å²) in [6.07, 6.45) is 1.56. The number of methoxy groups -OCH3 is 2. The smallest absolute Gasteiger partial charge is 0.336 e. The number of carboxylic acids is 1. The van der Waals surface area contributed by atoms with E-state index in [0.717, 1.165) is 0 Å². The molecule has 0 aromatic heterocycles. The van der Waals surface area contributed by atoms with Crippen LogP contribution in [0.25, 0.3) is 11.6 Å². The van der Waals surface area contributed by atoms with Crippen LogP contribution in [-0.4, -0.2) is 38.5 Å². The van der Waals surface area contributed by atoms with Crippen molar-refractivity contribution in [1.29, 1.82) is 0 Å². The first kappa shape index (κ1) is 16.7. The normalized spacial score (nSPS) is 13.3. The Hall–Kier alpha value is -3.15. The molecule has 6 heteroatoms. The molecule has 0 atom stereocenters. The molecular formula is C19H18O6. The summed E-state index contributed by atoms with van der Waals surface area (Å²) in [6.45, 7) is 0.923. The first-order chi connectivity index (χ1) is 12.1. The molecule has 0 fully saturated rings. The highest BCUT2D eigenvalue weighted by atomic mass is 16.6. The fraction of sp³-hybridized carbons (Fsp3) is 0.211. The topological polar surface area (TPSA) is 74.2 Å². The van der Waals surface area contributed by atoms with E-state index in [1.807, 2.05) is 0 Å². The number of benzene rings is 2. The molecule has 1 N–H and O–H groups in total. The number of carbonyl (C=O) groups is 1. The summed E-state index contributed by atoms with van der Waals surface area (Å²) in [5, 5.41) is 9.65. The number of hydrogen-bond donors (Lipinski definition) is 1. The Bertz CT molecular complexity index is 825. The molecule has 0 amide bonds. The highest BCUT2D eigenvalue weighted by Crippen LogP contribution is 2.34. The SMILES string of the molecule is COc1ccc(/C=C(\C(=O)O)c2ccc3c(c2)OCCO3)c(OC)c1. The maximum atomic E-state index is 11.8. The van der Waals surface area contributed by atoms with Gasteiger partial charge in [0.15, 0.2) is 11.5 Å². The van der Waals surface area contributed by atoms with E-state index in [2.05, 4.69) is 0 Å². The van der Waals surface area contributed by atoms with E-state index in [4.69, 9.17) is 18.9 Å². The van der Waals surface area contributed by atoms with Crippen molar-refractivity contribution in [3.63, 3.8) is 0 Å². The van der Waals surface area contributed by atoms with Gasteiger partial charge in [-0.15, -0.1) is 0 Å². The standard InChI is InChI=1S/C19H18O6/c1-22-14-5-3-13(17(11-14)23-2)9-15(19(20)21)12-4-6-16-18(10-12)25-8-7-24-16/h3-6,9-11H,7-8H2,1-2H3,(H,20,21)/b15-9-. The molecule has 0 saturated carbocycles. The average Bonchev–Trinajstić information content (AvgIpc) is 2.65. The second kappa shape index (κ2) is 7.17. The second-order valence-corrected chi connectivity index (χ2v) is 5.33. The Labute approximate surface area is 145 Å². The maximum Gasteiger partial charge on any atom is 0.336 e. The molecule has 0 bridgehead atoms. The van der Waals surface area contributed by atoms with E-state index in [1.165, 1.54) is 7.11 Å². The number of carboxylic acid groups (broad SMARTS) is 1. The lowest BCUT2D eigenvalue weighted by atomic mass is 10.0. The predicted molar refractivity (Wildman–Crippen MR) is 92.5 cm³/mol. The third kappa shape index (κ3) is 3.52. The molecule has 0 unspecified atom stereocenters. The van der Waals surface area contributed by atoms with Gasteiger partial charge in [0, 0.05) is 11.6 Å². The van der Waals surface area contributed by atoms with Crippen LogP contribution in [0, 0.1) is 0 Å². The van der Waals surface area contributed by atoms with Crippen LogP contribution < -0.4 is 18.9 Å². The number of hydrogen-bond acceptors (Lipinski definition) is 5. The van der Waals surface area contributed by atoms with Crippen LogP contribution in [0.1, 0.15) is 11.1 Å². The van der Waals surface area contributed by atoms with Crippen LogP contribution in [0.3, 0.4) is 0 Å². The van der Waals surface area contributed by atoms with Crippen LogP contribution in [0.5, 0.6) is 23.0 Å². The van der Waals surface area contributed by atoms with Crippen molar-refractivity contribution in [3.8, 4) is 23.0 Å². The molecule has 0 aliphatic carbocycles. The van der Waals surface area contributed by atoms with Crippen LogP contribution in [0.15, 0.2) is 36.4 Å². The molecule has 25 heavy (non-hydrogen) atoms. The van der Waals surface area contributed by atoms with Gasteiger partial charge < -0.3 is 24.1 Å². The quantitative estimate of drug-likeness (QED) is 0.665. The molecule has 1 heterocycles. The van der Waals surface area contributed by atoms with E-state index < -0.39 is 5.97 Å². The predicted octanol–water partition coefficient (Wildman–Crippen LogP) is 3.10. The lowest BCUT2D eigenvalue weighted by molar-refractivity contribution is -0.130. The number of fused-ring (bicyclic) bond motifs is 1. The molecule has 6 nitrogen and oxygen atoms in total. The van der Waals surface area contributed by atoms with E-state index in [0.29, 0.717) is 47.3 Å². The van der Waals surface area contributed by atoms with Crippen molar-refractivity contribution in [3.05, 3.63) is 47.5 Å². The largest absolute Gasteiger partial charge is 0.497 e. The highest BCUT2D eigenvalue weighted by molar-refractivity contribution is 6.21. The van der Waals surface area contributed by atoms with Gasteiger partial charge in [0.1, 0.15) is 24.7 Å². The Kier molecular flexibility index (Phi) is 4.79. The van der Waals surface area contributed by atoms with E-state index >= 15 is 0 Å². The van der Waals surface area contributed by atoms with Gasteiger partial charge in [0.25, 0.3) is 0 Å². The summed E-state index contributed by atoms with van der Waals surface area (Å²) in [6, 6.07) is 10.3. The zero-order valence-electron chi connectivity index (χ0n) is 13.9. The van der Waals surface area contributed by atoms with E-state index in [-0.39, 0.29) is 5.57 Å². The van der Waals surface area contributed by atoms with Gasteiger partial charge in [-0.25, -0.2) is 4.79 Å². The number of aliphatic carboxylic acids is 1. The van der Waals surface area contributed by atoms with Gasteiger partial charge in [-0.1, -0.05) is 6.07 Å². The number of rotatable bonds is 5. The molecule has 0 saturated heterocycles. The molecule has 2 aromatic rings. The van der Waals surface area contributed by atoms with E-state index in [9.17, 15) is 9.90 Å². The van der Waals surface area contributed by atoms with Crippen molar-refractivity contribution in [2.75, 3.05) is 27.4 Å².